The fourth-order valence-electron chi connectivity index (χ4n) is 5.80. The van der Waals surface area contributed by atoms with Gasteiger partial charge in [0.05, 0.1) is 30.0 Å². The Morgan fingerprint density at radius 1 is 1.10 bits per heavy atom. The van der Waals surface area contributed by atoms with Crippen molar-refractivity contribution in [3.8, 4) is 28.3 Å². The molecule has 1 unspecified atom stereocenters. The third-order valence-corrected chi connectivity index (χ3v) is 7.84. The summed E-state index contributed by atoms with van der Waals surface area (Å²) in [6.45, 7) is 4.40. The van der Waals surface area contributed by atoms with Gasteiger partial charge in [-0.15, -0.1) is 0 Å². The Morgan fingerprint density at radius 2 is 1.85 bits per heavy atom. The predicted octanol–water partition coefficient (Wildman–Crippen LogP) is 7.70. The van der Waals surface area contributed by atoms with Crippen molar-refractivity contribution >= 4 is 5.97 Å². The Morgan fingerprint density at radius 3 is 2.54 bits per heavy atom. The molecule has 4 aromatic rings. The van der Waals surface area contributed by atoms with Gasteiger partial charge in [-0.2, -0.15) is 18.3 Å². The van der Waals surface area contributed by atoms with E-state index >= 15 is 0 Å². The molecule has 1 aliphatic carbocycles. The lowest BCUT2D eigenvalue weighted by Crippen LogP contribution is -2.10. The molecule has 9 heteroatoms. The van der Waals surface area contributed by atoms with Gasteiger partial charge in [-0.3, -0.25) is 4.79 Å². The van der Waals surface area contributed by atoms with Gasteiger partial charge in [-0.05, 0) is 71.3 Å². The first-order valence-corrected chi connectivity index (χ1v) is 13.6. The van der Waals surface area contributed by atoms with Crippen LogP contribution in [0.5, 0.6) is 11.5 Å². The minimum absolute atomic E-state index is 0.0184. The molecule has 0 saturated carbocycles. The van der Waals surface area contributed by atoms with Crippen molar-refractivity contribution in [2.45, 2.75) is 57.2 Å². The van der Waals surface area contributed by atoms with Crippen LogP contribution in [0.25, 0.3) is 16.8 Å². The van der Waals surface area contributed by atoms with Crippen LogP contribution in [0, 0.1) is 0 Å². The fraction of sp³-hybridized carbons (Fsp3) is 0.312. The van der Waals surface area contributed by atoms with Crippen molar-refractivity contribution in [2.75, 3.05) is 6.61 Å². The molecule has 0 saturated heterocycles. The molecule has 2 atom stereocenters. The number of nitrogens with zero attached hydrogens (tertiary/aromatic N) is 2. The molecule has 1 aromatic heterocycles. The van der Waals surface area contributed by atoms with Crippen LogP contribution in [0.3, 0.4) is 0 Å². The zero-order valence-electron chi connectivity index (χ0n) is 22.6. The van der Waals surface area contributed by atoms with E-state index in [1.807, 2.05) is 18.3 Å². The molecule has 0 fully saturated rings. The van der Waals surface area contributed by atoms with Crippen molar-refractivity contribution < 1.29 is 32.5 Å². The SMILES string of the molecule is CC(C)c1ccn(-c2ccc(-c3c(C(F)(F)F)ccc4c3CC[C@H]4Oc3ccc4c(c3)OCC4CC(=O)O)cc2)n1. The Balaban J connectivity index is 1.30. The van der Waals surface area contributed by atoms with E-state index in [1.165, 1.54) is 6.07 Å². The van der Waals surface area contributed by atoms with Gasteiger partial charge in [0, 0.05) is 23.7 Å². The Hall–Kier alpha value is -4.27. The highest BCUT2D eigenvalue weighted by atomic mass is 19.4. The summed E-state index contributed by atoms with van der Waals surface area (Å²) in [5.41, 5.74) is 3.91. The van der Waals surface area contributed by atoms with Gasteiger partial charge in [-0.25, -0.2) is 4.68 Å². The van der Waals surface area contributed by atoms with Crippen molar-refractivity contribution in [1.29, 1.82) is 0 Å². The van der Waals surface area contributed by atoms with Crippen LogP contribution in [0.4, 0.5) is 13.2 Å². The number of aromatic nitrogens is 2. The summed E-state index contributed by atoms with van der Waals surface area (Å²) in [5.74, 6) is 0.273. The molecular formula is C32H29F3N2O4. The van der Waals surface area contributed by atoms with Crippen molar-refractivity contribution in [3.63, 3.8) is 0 Å². The lowest BCUT2D eigenvalue weighted by molar-refractivity contribution is -0.138. The van der Waals surface area contributed by atoms with E-state index in [1.54, 1.807) is 41.1 Å². The third-order valence-electron chi connectivity index (χ3n) is 7.84. The van der Waals surface area contributed by atoms with E-state index in [0.29, 0.717) is 42.1 Å². The summed E-state index contributed by atoms with van der Waals surface area (Å²) >= 11 is 0. The predicted molar refractivity (Wildman–Crippen MR) is 147 cm³/mol. The Labute approximate surface area is 235 Å². The van der Waals surface area contributed by atoms with Gasteiger partial charge < -0.3 is 14.6 Å². The summed E-state index contributed by atoms with van der Waals surface area (Å²) < 4.78 is 56.3. The van der Waals surface area contributed by atoms with E-state index in [4.69, 9.17) is 14.6 Å². The summed E-state index contributed by atoms with van der Waals surface area (Å²) in [4.78, 5) is 11.1. The van der Waals surface area contributed by atoms with E-state index in [9.17, 15) is 18.0 Å². The molecule has 0 radical (unpaired) electrons. The number of carboxylic acids is 1. The molecule has 0 bridgehead atoms. The van der Waals surface area contributed by atoms with E-state index in [-0.39, 0.29) is 23.8 Å². The molecule has 0 amide bonds. The molecule has 212 valence electrons. The Kier molecular flexibility index (Phi) is 6.76. The number of halogens is 3. The van der Waals surface area contributed by atoms with Gasteiger partial charge in [-0.1, -0.05) is 38.1 Å². The highest BCUT2D eigenvalue weighted by Crippen LogP contribution is 2.47. The summed E-state index contributed by atoms with van der Waals surface area (Å²) in [5, 5.41) is 13.7. The molecule has 2 aliphatic rings. The molecule has 2 heterocycles. The molecule has 1 aliphatic heterocycles. The number of hydrogen-bond donors (Lipinski definition) is 1. The number of carboxylic acid groups (broad SMARTS) is 1. The second kappa shape index (κ2) is 10.3. The first kappa shape index (κ1) is 26.9. The third kappa shape index (κ3) is 5.16. The first-order valence-electron chi connectivity index (χ1n) is 13.6. The van der Waals surface area contributed by atoms with Crippen LogP contribution in [-0.4, -0.2) is 27.5 Å². The maximum absolute atomic E-state index is 14.2. The van der Waals surface area contributed by atoms with Gasteiger partial charge in [0.25, 0.3) is 0 Å². The highest BCUT2D eigenvalue weighted by Gasteiger charge is 2.38. The zero-order chi connectivity index (χ0) is 28.9. The molecule has 1 N–H and O–H groups in total. The van der Waals surface area contributed by atoms with Crippen LogP contribution < -0.4 is 9.47 Å². The number of hydrogen-bond acceptors (Lipinski definition) is 4. The number of aliphatic carboxylic acids is 1. The van der Waals surface area contributed by atoms with Crippen LogP contribution in [0.2, 0.25) is 0 Å². The standard InChI is InChI=1S/C32H29F3N2O4/c1-18(2)27-13-14-37(36-27)21-5-3-19(4-6-21)31-25-10-12-28(24(25)9-11-26(31)32(33,34)35)41-22-7-8-23-20(15-30(38)39)17-40-29(23)16-22/h3-9,11,13-14,16,18,20,28H,10,12,15,17H2,1-2H3,(H,38,39)/t20?,28-/m1/s1. The van der Waals surface area contributed by atoms with E-state index < -0.39 is 23.8 Å². The topological polar surface area (TPSA) is 73.6 Å². The normalized spacial score (nSPS) is 17.8. The molecule has 0 spiro atoms. The molecule has 6 nitrogen and oxygen atoms in total. The molecule has 3 aromatic carbocycles. The largest absolute Gasteiger partial charge is 0.492 e. The number of carbonyl (C=O) groups is 1. The molecule has 6 rings (SSSR count). The number of fused-ring (bicyclic) bond motifs is 2. The summed E-state index contributed by atoms with van der Waals surface area (Å²) in [7, 11) is 0. The monoisotopic (exact) mass is 562 g/mol. The van der Waals surface area contributed by atoms with Gasteiger partial charge in [0.1, 0.15) is 17.6 Å². The number of benzene rings is 3. The van der Waals surface area contributed by atoms with Crippen LogP contribution in [0.1, 0.15) is 72.6 Å². The molecular weight excluding hydrogens is 533 g/mol. The maximum Gasteiger partial charge on any atom is 0.417 e. The van der Waals surface area contributed by atoms with Crippen molar-refractivity contribution in [2.24, 2.45) is 0 Å². The minimum Gasteiger partial charge on any atom is -0.492 e. The summed E-state index contributed by atoms with van der Waals surface area (Å²) in [6.07, 6.45) is -2.12. The van der Waals surface area contributed by atoms with Gasteiger partial charge in [0.15, 0.2) is 0 Å². The lowest BCUT2D eigenvalue weighted by Gasteiger charge is -2.20. The number of ether oxygens (including phenoxy) is 2. The smallest absolute Gasteiger partial charge is 0.417 e. The minimum atomic E-state index is -4.51. The average molecular weight is 563 g/mol. The fourth-order valence-corrected chi connectivity index (χ4v) is 5.80. The zero-order valence-corrected chi connectivity index (χ0v) is 22.6. The summed E-state index contributed by atoms with van der Waals surface area (Å²) in [6, 6.07) is 16.9. The van der Waals surface area contributed by atoms with Crippen molar-refractivity contribution in [1.82, 2.24) is 9.78 Å². The second-order valence-electron chi connectivity index (χ2n) is 10.9. The average Bonchev–Trinajstić information content (AvgIpc) is 3.67. The van der Waals surface area contributed by atoms with Crippen LogP contribution >= 0.6 is 0 Å². The quantitative estimate of drug-likeness (QED) is 0.250. The first-order chi connectivity index (χ1) is 19.6. The number of alkyl halides is 3. The Bertz CT molecular complexity index is 1610. The highest BCUT2D eigenvalue weighted by molar-refractivity contribution is 5.75. The maximum atomic E-state index is 14.2. The molecule has 41 heavy (non-hydrogen) atoms. The van der Waals surface area contributed by atoms with Crippen LogP contribution in [0.15, 0.2) is 66.9 Å². The lowest BCUT2D eigenvalue weighted by atomic mass is 9.91. The van der Waals surface area contributed by atoms with Gasteiger partial charge in [0.2, 0.25) is 0 Å². The van der Waals surface area contributed by atoms with Crippen LogP contribution in [-0.2, 0) is 17.4 Å². The second-order valence-corrected chi connectivity index (χ2v) is 10.9. The van der Waals surface area contributed by atoms with Gasteiger partial charge >= 0.3 is 12.1 Å². The van der Waals surface area contributed by atoms with Crippen molar-refractivity contribution in [3.05, 3.63) is 94.8 Å². The van der Waals surface area contributed by atoms with E-state index in [0.717, 1.165) is 28.6 Å². The van der Waals surface area contributed by atoms with E-state index in [2.05, 4.69) is 18.9 Å². The number of rotatable bonds is 7.